The SMILES string of the molecule is O=C1[C@@H](SCCc2ccc(F)cc2)[C@@H](c2ccc(O)cc2)N1c1ccc(F)cc1. The third-order valence-electron chi connectivity index (χ3n) is 4.99. The molecule has 148 valence electrons. The number of halogens is 2. The number of thioether (sulfide) groups is 1. The van der Waals surface area contributed by atoms with Crippen LogP contribution in [0.25, 0.3) is 0 Å². The van der Waals surface area contributed by atoms with Crippen LogP contribution in [0, 0.1) is 11.6 Å². The van der Waals surface area contributed by atoms with E-state index in [1.54, 1.807) is 65.2 Å². The highest BCUT2D eigenvalue weighted by atomic mass is 32.2. The Hall–Kier alpha value is -2.86. The first-order chi connectivity index (χ1) is 14.0. The number of nitrogens with zero attached hydrogens (tertiary/aromatic N) is 1. The molecule has 0 unspecified atom stereocenters. The van der Waals surface area contributed by atoms with Crippen LogP contribution >= 0.6 is 11.8 Å². The molecule has 1 aliphatic rings. The Kier molecular flexibility index (Phi) is 5.53. The summed E-state index contributed by atoms with van der Waals surface area (Å²) in [7, 11) is 0. The molecule has 0 bridgehead atoms. The molecule has 1 fully saturated rings. The van der Waals surface area contributed by atoms with E-state index >= 15 is 0 Å². The van der Waals surface area contributed by atoms with Crippen LogP contribution in [0.3, 0.4) is 0 Å². The molecule has 0 aliphatic carbocycles. The Morgan fingerprint density at radius 2 is 1.45 bits per heavy atom. The van der Waals surface area contributed by atoms with Gasteiger partial charge in [0.1, 0.15) is 22.6 Å². The number of carbonyl (C=O) groups is 1. The van der Waals surface area contributed by atoms with Gasteiger partial charge in [-0.3, -0.25) is 4.79 Å². The zero-order valence-electron chi connectivity index (χ0n) is 15.5. The van der Waals surface area contributed by atoms with Crippen molar-refractivity contribution in [2.24, 2.45) is 0 Å². The van der Waals surface area contributed by atoms with E-state index in [-0.39, 0.29) is 34.6 Å². The molecule has 0 radical (unpaired) electrons. The molecule has 3 aromatic carbocycles. The predicted octanol–water partition coefficient (Wildman–Crippen LogP) is 5.10. The summed E-state index contributed by atoms with van der Waals surface area (Å²) in [6, 6.07) is 18.8. The number of rotatable bonds is 6. The maximum absolute atomic E-state index is 13.3. The summed E-state index contributed by atoms with van der Waals surface area (Å²) >= 11 is 1.56. The molecule has 2 atom stereocenters. The number of phenols is 1. The normalized spacial score (nSPS) is 18.6. The van der Waals surface area contributed by atoms with Gasteiger partial charge in [-0.15, -0.1) is 11.8 Å². The second-order valence-electron chi connectivity index (χ2n) is 6.89. The summed E-state index contributed by atoms with van der Waals surface area (Å²) in [6.45, 7) is 0. The van der Waals surface area contributed by atoms with Gasteiger partial charge in [0.2, 0.25) is 5.91 Å². The summed E-state index contributed by atoms with van der Waals surface area (Å²) in [6.07, 6.45) is 0.730. The Balaban J connectivity index is 1.52. The van der Waals surface area contributed by atoms with E-state index in [2.05, 4.69) is 0 Å². The fourth-order valence-electron chi connectivity index (χ4n) is 3.46. The molecular formula is C23H19F2NO2S. The van der Waals surface area contributed by atoms with Gasteiger partial charge < -0.3 is 10.0 Å². The average Bonchev–Trinajstić information content (AvgIpc) is 2.72. The third-order valence-corrected chi connectivity index (χ3v) is 6.24. The third kappa shape index (κ3) is 4.12. The lowest BCUT2D eigenvalue weighted by molar-refractivity contribution is -0.123. The van der Waals surface area contributed by atoms with Gasteiger partial charge in [-0.05, 0) is 71.8 Å². The number of carbonyl (C=O) groups excluding carboxylic acids is 1. The van der Waals surface area contributed by atoms with E-state index in [0.717, 1.165) is 17.5 Å². The number of aryl methyl sites for hydroxylation is 1. The minimum Gasteiger partial charge on any atom is -0.508 e. The van der Waals surface area contributed by atoms with Crippen molar-refractivity contribution >= 4 is 23.4 Å². The van der Waals surface area contributed by atoms with Crippen molar-refractivity contribution in [3.05, 3.63) is 95.6 Å². The van der Waals surface area contributed by atoms with Crippen molar-refractivity contribution < 1.29 is 18.7 Å². The highest BCUT2D eigenvalue weighted by Gasteiger charge is 2.49. The van der Waals surface area contributed by atoms with Crippen LogP contribution in [0.4, 0.5) is 14.5 Å². The number of aromatic hydroxyl groups is 1. The second-order valence-corrected chi connectivity index (χ2v) is 8.14. The molecule has 1 saturated heterocycles. The fourth-order valence-corrected chi connectivity index (χ4v) is 4.79. The Morgan fingerprint density at radius 1 is 0.862 bits per heavy atom. The summed E-state index contributed by atoms with van der Waals surface area (Å²) in [5, 5.41) is 9.32. The van der Waals surface area contributed by atoms with Gasteiger partial charge in [0.05, 0.1) is 6.04 Å². The quantitative estimate of drug-likeness (QED) is 0.574. The Labute approximate surface area is 172 Å². The monoisotopic (exact) mass is 411 g/mol. The van der Waals surface area contributed by atoms with Crippen LogP contribution in [0.2, 0.25) is 0 Å². The smallest absolute Gasteiger partial charge is 0.243 e. The average molecular weight is 411 g/mol. The molecule has 1 amide bonds. The summed E-state index contributed by atoms with van der Waals surface area (Å²) in [5.41, 5.74) is 2.57. The molecule has 1 aliphatic heterocycles. The minimum absolute atomic E-state index is 0.0289. The lowest BCUT2D eigenvalue weighted by atomic mass is 9.92. The molecule has 3 nitrogen and oxygen atoms in total. The summed E-state index contributed by atoms with van der Waals surface area (Å²) in [5.74, 6) is 0.228. The first-order valence-electron chi connectivity index (χ1n) is 9.26. The molecular weight excluding hydrogens is 392 g/mol. The van der Waals surface area contributed by atoms with E-state index in [9.17, 15) is 18.7 Å². The van der Waals surface area contributed by atoms with Crippen molar-refractivity contribution in [1.82, 2.24) is 0 Å². The van der Waals surface area contributed by atoms with E-state index in [4.69, 9.17) is 0 Å². The molecule has 1 heterocycles. The number of phenolic OH excluding ortho intramolecular Hbond substituents is 1. The van der Waals surface area contributed by atoms with Gasteiger partial charge in [0, 0.05) is 5.69 Å². The first-order valence-corrected chi connectivity index (χ1v) is 10.3. The first kappa shape index (κ1) is 19.5. The second kappa shape index (κ2) is 8.25. The van der Waals surface area contributed by atoms with Crippen LogP contribution in [0.15, 0.2) is 72.8 Å². The minimum atomic E-state index is -0.354. The molecule has 0 saturated carbocycles. The van der Waals surface area contributed by atoms with Gasteiger partial charge >= 0.3 is 0 Å². The van der Waals surface area contributed by atoms with Gasteiger partial charge in [0.15, 0.2) is 0 Å². The predicted molar refractivity (Wildman–Crippen MR) is 111 cm³/mol. The van der Waals surface area contributed by atoms with Gasteiger partial charge in [-0.1, -0.05) is 24.3 Å². The number of benzene rings is 3. The van der Waals surface area contributed by atoms with Crippen molar-refractivity contribution in [2.45, 2.75) is 17.7 Å². The van der Waals surface area contributed by atoms with Crippen molar-refractivity contribution in [3.8, 4) is 5.75 Å². The topological polar surface area (TPSA) is 40.5 Å². The standard InChI is InChI=1S/C23H19F2NO2S/c24-17-5-1-15(2-6-17)13-14-29-22-21(16-3-11-20(27)12-4-16)26(23(22)28)19-9-7-18(25)8-10-19/h1-12,21-22,27H,13-14H2/t21-,22+/m1/s1. The number of hydrogen-bond donors (Lipinski definition) is 1. The maximum Gasteiger partial charge on any atom is 0.243 e. The van der Waals surface area contributed by atoms with Crippen LogP contribution < -0.4 is 4.90 Å². The number of amides is 1. The Morgan fingerprint density at radius 3 is 2.07 bits per heavy atom. The molecule has 1 N–H and O–H groups in total. The maximum atomic E-state index is 13.3. The highest BCUT2D eigenvalue weighted by Crippen LogP contribution is 2.45. The lowest BCUT2D eigenvalue weighted by Crippen LogP contribution is -2.57. The lowest BCUT2D eigenvalue weighted by Gasteiger charge is -2.47. The fraction of sp³-hybridized carbons (Fsp3) is 0.174. The highest BCUT2D eigenvalue weighted by molar-refractivity contribution is 8.00. The van der Waals surface area contributed by atoms with Crippen LogP contribution in [-0.4, -0.2) is 22.0 Å². The number of β-lactam (4-membered cyclic amide) rings is 1. The van der Waals surface area contributed by atoms with Crippen LogP contribution in [0.5, 0.6) is 5.75 Å². The zero-order valence-corrected chi connectivity index (χ0v) is 16.3. The summed E-state index contributed by atoms with van der Waals surface area (Å²) in [4.78, 5) is 14.6. The van der Waals surface area contributed by atoms with Crippen molar-refractivity contribution in [3.63, 3.8) is 0 Å². The van der Waals surface area contributed by atoms with E-state index in [1.807, 2.05) is 0 Å². The van der Waals surface area contributed by atoms with Crippen LogP contribution in [-0.2, 0) is 11.2 Å². The van der Waals surface area contributed by atoms with E-state index < -0.39 is 0 Å². The van der Waals surface area contributed by atoms with Gasteiger partial charge in [-0.25, -0.2) is 8.78 Å². The molecule has 3 aromatic rings. The van der Waals surface area contributed by atoms with E-state index in [0.29, 0.717) is 11.4 Å². The zero-order chi connectivity index (χ0) is 20.4. The largest absolute Gasteiger partial charge is 0.508 e. The summed E-state index contributed by atoms with van der Waals surface area (Å²) < 4.78 is 26.4. The van der Waals surface area contributed by atoms with Crippen molar-refractivity contribution in [1.29, 1.82) is 0 Å². The molecule has 29 heavy (non-hydrogen) atoms. The molecule has 0 aromatic heterocycles. The molecule has 6 heteroatoms. The molecule has 0 spiro atoms. The number of hydrogen-bond acceptors (Lipinski definition) is 3. The van der Waals surface area contributed by atoms with Gasteiger partial charge in [-0.2, -0.15) is 0 Å². The van der Waals surface area contributed by atoms with E-state index in [1.165, 1.54) is 24.3 Å². The van der Waals surface area contributed by atoms with Crippen LogP contribution in [0.1, 0.15) is 17.2 Å². The van der Waals surface area contributed by atoms with Crippen molar-refractivity contribution in [2.75, 3.05) is 10.7 Å². The Bertz CT molecular complexity index is 991. The number of anilines is 1. The van der Waals surface area contributed by atoms with Gasteiger partial charge in [0.25, 0.3) is 0 Å². The molecule has 4 rings (SSSR count).